The Kier molecular flexibility index (Phi) is 4.65. The molecule has 3 rings (SSSR count). The van der Waals surface area contributed by atoms with Gasteiger partial charge in [0, 0.05) is 5.30 Å². The highest BCUT2D eigenvalue weighted by Gasteiger charge is 2.09. The lowest BCUT2D eigenvalue weighted by molar-refractivity contribution is 0.480. The Hall–Kier alpha value is -1.68. The predicted molar refractivity (Wildman–Crippen MR) is 96.2 cm³/mol. The monoisotopic (exact) mass is 310 g/mol. The Morgan fingerprint density at radius 2 is 1.14 bits per heavy atom. The van der Waals surface area contributed by atoms with Crippen LogP contribution in [0.15, 0.2) is 78.9 Å². The van der Waals surface area contributed by atoms with Crippen molar-refractivity contribution in [2.75, 3.05) is 0 Å². The number of phenols is 1. The fraction of sp³-hybridized carbons (Fsp3) is 0. The Bertz CT molecular complexity index is 712. The van der Waals surface area contributed by atoms with Gasteiger partial charge in [0.25, 0.3) is 0 Å². The zero-order valence-electron chi connectivity index (χ0n) is 11.5. The van der Waals surface area contributed by atoms with Crippen LogP contribution in [0.5, 0.6) is 5.75 Å². The van der Waals surface area contributed by atoms with Crippen molar-refractivity contribution in [3.8, 4) is 5.75 Å². The van der Waals surface area contributed by atoms with E-state index in [2.05, 4.69) is 42.5 Å². The number of hydrogen-bond donors (Lipinski definition) is 1. The average Bonchev–Trinajstić information content (AvgIpc) is 2.53. The average molecular weight is 310 g/mol. The van der Waals surface area contributed by atoms with Crippen LogP contribution >= 0.6 is 17.2 Å². The minimum absolute atomic E-state index is 0.401. The van der Waals surface area contributed by atoms with Gasteiger partial charge >= 0.3 is 0 Å². The summed E-state index contributed by atoms with van der Waals surface area (Å²) in [5.41, 5.74) is 0. The first-order valence-electron chi connectivity index (χ1n) is 6.79. The maximum Gasteiger partial charge on any atom is 0.123 e. The highest BCUT2D eigenvalue weighted by molar-refractivity contribution is 7.62. The lowest BCUT2D eigenvalue weighted by Gasteiger charge is -2.12. The first-order valence-corrected chi connectivity index (χ1v) is 8.79. The highest BCUT2D eigenvalue weighted by Crippen LogP contribution is 2.21. The standard InChI is InChI=1S/C18H16OP2/c19-16-12-7-13-17(20-14-8-3-1-4-9-14)18(16)21-15-10-5-2-6-11-15/h1-13,19-21H. The van der Waals surface area contributed by atoms with Gasteiger partial charge in [-0.1, -0.05) is 90.0 Å². The molecule has 2 unspecified atom stereocenters. The summed E-state index contributed by atoms with van der Waals surface area (Å²) in [5, 5.41) is 15.1. The minimum Gasteiger partial charge on any atom is -0.507 e. The molecule has 0 fully saturated rings. The van der Waals surface area contributed by atoms with Crippen LogP contribution in [-0.2, 0) is 0 Å². The van der Waals surface area contributed by atoms with Gasteiger partial charge in [0.1, 0.15) is 5.75 Å². The van der Waals surface area contributed by atoms with Gasteiger partial charge in [-0.2, -0.15) is 0 Å². The Labute approximate surface area is 128 Å². The minimum atomic E-state index is 0.401. The third-order valence-corrected chi connectivity index (χ3v) is 6.09. The van der Waals surface area contributed by atoms with Gasteiger partial charge in [0.05, 0.1) is 0 Å². The molecule has 0 aromatic heterocycles. The molecule has 0 saturated heterocycles. The van der Waals surface area contributed by atoms with Gasteiger partial charge in [-0.3, -0.25) is 0 Å². The maximum atomic E-state index is 10.2. The molecular formula is C18H16OP2. The highest BCUT2D eigenvalue weighted by atomic mass is 31.1. The van der Waals surface area contributed by atoms with Crippen LogP contribution < -0.4 is 21.2 Å². The molecule has 1 nitrogen and oxygen atoms in total. The smallest absolute Gasteiger partial charge is 0.123 e. The van der Waals surface area contributed by atoms with Gasteiger partial charge in [-0.25, -0.2) is 0 Å². The van der Waals surface area contributed by atoms with E-state index in [-0.39, 0.29) is 0 Å². The number of hydrogen-bond acceptors (Lipinski definition) is 1. The third-order valence-electron chi connectivity index (χ3n) is 3.14. The summed E-state index contributed by atoms with van der Waals surface area (Å²) in [4.78, 5) is 0. The van der Waals surface area contributed by atoms with Crippen LogP contribution in [-0.4, -0.2) is 5.11 Å². The molecular weight excluding hydrogens is 294 g/mol. The van der Waals surface area contributed by atoms with E-state index >= 15 is 0 Å². The second-order valence-corrected chi connectivity index (χ2v) is 7.38. The van der Waals surface area contributed by atoms with E-state index in [1.165, 1.54) is 15.9 Å². The van der Waals surface area contributed by atoms with Crippen molar-refractivity contribution in [2.24, 2.45) is 0 Å². The number of aromatic hydroxyl groups is 1. The van der Waals surface area contributed by atoms with Crippen molar-refractivity contribution in [2.45, 2.75) is 0 Å². The summed E-state index contributed by atoms with van der Waals surface area (Å²) >= 11 is 0. The van der Waals surface area contributed by atoms with Gasteiger partial charge in [0.2, 0.25) is 0 Å². The second-order valence-electron chi connectivity index (χ2n) is 4.68. The lowest BCUT2D eigenvalue weighted by atomic mass is 10.3. The molecule has 0 heterocycles. The molecule has 0 aliphatic carbocycles. The van der Waals surface area contributed by atoms with E-state index in [9.17, 15) is 5.11 Å². The Morgan fingerprint density at radius 1 is 0.571 bits per heavy atom. The largest absolute Gasteiger partial charge is 0.507 e. The van der Waals surface area contributed by atoms with Crippen molar-refractivity contribution in [1.82, 2.24) is 0 Å². The molecule has 3 aromatic carbocycles. The van der Waals surface area contributed by atoms with Crippen LogP contribution in [0.2, 0.25) is 0 Å². The summed E-state index contributed by atoms with van der Waals surface area (Å²) < 4.78 is 0. The molecule has 3 aromatic rings. The Morgan fingerprint density at radius 3 is 1.76 bits per heavy atom. The van der Waals surface area contributed by atoms with Gasteiger partial charge in [0.15, 0.2) is 0 Å². The van der Waals surface area contributed by atoms with Crippen LogP contribution in [0, 0.1) is 0 Å². The number of phenolic OH excluding ortho intramolecular Hbond substituents is 1. The van der Waals surface area contributed by atoms with Crippen LogP contribution in [0.25, 0.3) is 0 Å². The van der Waals surface area contributed by atoms with Gasteiger partial charge < -0.3 is 5.11 Å². The summed E-state index contributed by atoms with van der Waals surface area (Å²) in [6.07, 6.45) is 0. The van der Waals surface area contributed by atoms with E-state index < -0.39 is 0 Å². The van der Waals surface area contributed by atoms with Gasteiger partial charge in [-0.15, -0.1) is 0 Å². The zero-order chi connectivity index (χ0) is 14.5. The van der Waals surface area contributed by atoms with Crippen molar-refractivity contribution in [3.63, 3.8) is 0 Å². The molecule has 0 amide bonds. The molecule has 104 valence electrons. The third kappa shape index (κ3) is 3.70. The fourth-order valence-corrected chi connectivity index (χ4v) is 4.67. The molecule has 0 aliphatic rings. The molecule has 0 spiro atoms. The van der Waals surface area contributed by atoms with E-state index in [0.29, 0.717) is 22.9 Å². The van der Waals surface area contributed by atoms with E-state index in [4.69, 9.17) is 0 Å². The van der Waals surface area contributed by atoms with E-state index in [0.717, 1.165) is 5.30 Å². The quantitative estimate of drug-likeness (QED) is 0.735. The van der Waals surface area contributed by atoms with Crippen molar-refractivity contribution in [3.05, 3.63) is 78.9 Å². The first kappa shape index (κ1) is 14.3. The normalized spacial score (nSPS) is 11.6. The number of benzene rings is 3. The Balaban J connectivity index is 1.92. The predicted octanol–water partition coefficient (Wildman–Crippen LogP) is 2.65. The molecule has 0 bridgehead atoms. The molecule has 2 atom stereocenters. The molecule has 21 heavy (non-hydrogen) atoms. The second kappa shape index (κ2) is 6.85. The summed E-state index contributed by atoms with van der Waals surface area (Å²) in [5.74, 6) is 0.401. The summed E-state index contributed by atoms with van der Waals surface area (Å²) in [6.45, 7) is 0. The summed E-state index contributed by atoms with van der Waals surface area (Å²) in [7, 11) is 1.05. The van der Waals surface area contributed by atoms with E-state index in [1.807, 2.05) is 30.3 Å². The van der Waals surface area contributed by atoms with Crippen molar-refractivity contribution in [1.29, 1.82) is 0 Å². The zero-order valence-corrected chi connectivity index (χ0v) is 13.5. The summed E-state index contributed by atoms with van der Waals surface area (Å²) in [6, 6.07) is 26.6. The van der Waals surface area contributed by atoms with Crippen molar-refractivity contribution < 1.29 is 5.11 Å². The molecule has 1 N–H and O–H groups in total. The fourth-order valence-electron chi connectivity index (χ4n) is 2.12. The molecule has 0 saturated carbocycles. The topological polar surface area (TPSA) is 20.2 Å². The first-order chi connectivity index (χ1) is 10.3. The van der Waals surface area contributed by atoms with Crippen LogP contribution in [0.1, 0.15) is 0 Å². The lowest BCUT2D eigenvalue weighted by Crippen LogP contribution is -2.20. The number of rotatable bonds is 4. The maximum absolute atomic E-state index is 10.2. The van der Waals surface area contributed by atoms with Gasteiger partial charge in [-0.05, 0) is 22.0 Å². The SMILES string of the molecule is Oc1cccc(Pc2ccccc2)c1Pc1ccccc1. The molecule has 3 heteroatoms. The van der Waals surface area contributed by atoms with Crippen molar-refractivity contribution >= 4 is 38.4 Å². The van der Waals surface area contributed by atoms with Crippen LogP contribution in [0.3, 0.4) is 0 Å². The molecule has 0 radical (unpaired) electrons. The van der Waals surface area contributed by atoms with Crippen LogP contribution in [0.4, 0.5) is 0 Å². The van der Waals surface area contributed by atoms with E-state index in [1.54, 1.807) is 6.07 Å². The molecule has 0 aliphatic heterocycles.